The van der Waals surface area contributed by atoms with Gasteiger partial charge < -0.3 is 10.2 Å². The lowest BCUT2D eigenvalue weighted by molar-refractivity contribution is 0.0958. The number of benzene rings is 1. The summed E-state index contributed by atoms with van der Waals surface area (Å²) in [6.07, 6.45) is 1.52. The zero-order valence-electron chi connectivity index (χ0n) is 15.9. The van der Waals surface area contributed by atoms with E-state index < -0.39 is 17.2 Å². The number of H-pyrrole nitrogens is 1. The van der Waals surface area contributed by atoms with Crippen molar-refractivity contribution in [3.8, 4) is 0 Å². The number of furan rings is 1. The molecule has 8 nitrogen and oxygen atoms in total. The molecule has 152 valence electrons. The van der Waals surface area contributed by atoms with Crippen molar-refractivity contribution in [3.05, 3.63) is 79.8 Å². The molecule has 3 aromatic rings. The molecule has 1 aromatic carbocycles. The van der Waals surface area contributed by atoms with E-state index in [0.29, 0.717) is 13.0 Å². The molecule has 0 aliphatic rings. The normalized spacial score (nSPS) is 10.8. The minimum absolute atomic E-state index is 0.0443. The van der Waals surface area contributed by atoms with Gasteiger partial charge in [0.25, 0.3) is 11.5 Å². The Morgan fingerprint density at radius 1 is 1.21 bits per heavy atom. The molecule has 0 saturated heterocycles. The van der Waals surface area contributed by atoms with Gasteiger partial charge in [-0.2, -0.15) is 0 Å². The summed E-state index contributed by atoms with van der Waals surface area (Å²) in [5, 5.41) is 0.0443. The smallest absolute Gasteiger partial charge is 0.330 e. The molecule has 0 atom stereocenters. The third kappa shape index (κ3) is 4.43. The van der Waals surface area contributed by atoms with E-state index in [9.17, 15) is 14.4 Å². The summed E-state index contributed by atoms with van der Waals surface area (Å²) in [5.41, 5.74) is 5.49. The number of hydrogen-bond donors (Lipinski definition) is 2. The number of carbonyl (C=O) groups excluding carboxylic acids is 1. The summed E-state index contributed by atoms with van der Waals surface area (Å²) in [6, 6.07) is 12.0. The second kappa shape index (κ2) is 8.83. The number of anilines is 2. The van der Waals surface area contributed by atoms with Crippen molar-refractivity contribution in [1.29, 1.82) is 0 Å². The van der Waals surface area contributed by atoms with Crippen LogP contribution >= 0.6 is 11.6 Å². The van der Waals surface area contributed by atoms with E-state index >= 15 is 0 Å². The number of amides is 1. The Balaban J connectivity index is 2.14. The van der Waals surface area contributed by atoms with Crippen molar-refractivity contribution in [2.75, 3.05) is 10.6 Å². The fourth-order valence-corrected chi connectivity index (χ4v) is 3.10. The van der Waals surface area contributed by atoms with Crippen molar-refractivity contribution in [3.63, 3.8) is 0 Å². The average Bonchev–Trinajstić information content (AvgIpc) is 3.13. The van der Waals surface area contributed by atoms with Gasteiger partial charge in [0.05, 0.1) is 6.54 Å². The van der Waals surface area contributed by atoms with Crippen LogP contribution in [0.3, 0.4) is 0 Å². The zero-order valence-corrected chi connectivity index (χ0v) is 16.6. The number of unbranched alkanes of at least 4 members (excludes halogenated alkanes) is 1. The molecule has 0 unspecified atom stereocenters. The molecule has 0 spiro atoms. The summed E-state index contributed by atoms with van der Waals surface area (Å²) < 4.78 is 6.50. The van der Waals surface area contributed by atoms with Crippen molar-refractivity contribution in [2.24, 2.45) is 0 Å². The molecule has 0 aliphatic heterocycles. The lowest BCUT2D eigenvalue weighted by Gasteiger charge is -2.24. The van der Waals surface area contributed by atoms with Crippen LogP contribution < -0.4 is 21.9 Å². The quantitative estimate of drug-likeness (QED) is 0.614. The molecule has 0 bridgehead atoms. The van der Waals surface area contributed by atoms with E-state index in [1.807, 2.05) is 37.3 Å². The van der Waals surface area contributed by atoms with Gasteiger partial charge in [-0.3, -0.25) is 24.0 Å². The Morgan fingerprint density at radius 3 is 2.55 bits per heavy atom. The molecular formula is C20H21ClN4O4. The second-order valence-corrected chi connectivity index (χ2v) is 6.85. The lowest BCUT2D eigenvalue weighted by Crippen LogP contribution is -2.40. The van der Waals surface area contributed by atoms with Crippen molar-refractivity contribution in [2.45, 2.75) is 32.9 Å². The topological polar surface area (TPSA) is 114 Å². The van der Waals surface area contributed by atoms with E-state index in [0.717, 1.165) is 12.0 Å². The van der Waals surface area contributed by atoms with Crippen molar-refractivity contribution >= 4 is 29.0 Å². The molecule has 2 heterocycles. The number of aromatic nitrogens is 2. The van der Waals surface area contributed by atoms with Gasteiger partial charge in [-0.15, -0.1) is 0 Å². The highest BCUT2D eigenvalue weighted by Crippen LogP contribution is 2.24. The number of nitrogens with one attached hydrogen (secondary N) is 1. The number of nitrogen functional groups attached to an aromatic ring is 1. The summed E-state index contributed by atoms with van der Waals surface area (Å²) in [7, 11) is 0. The third-order valence-corrected chi connectivity index (χ3v) is 4.64. The van der Waals surface area contributed by atoms with Gasteiger partial charge in [-0.25, -0.2) is 4.79 Å². The molecule has 9 heteroatoms. The average molecular weight is 417 g/mol. The van der Waals surface area contributed by atoms with Gasteiger partial charge in [-0.05, 0) is 35.7 Å². The summed E-state index contributed by atoms with van der Waals surface area (Å²) >= 11 is 5.81. The van der Waals surface area contributed by atoms with Crippen LogP contribution in [-0.4, -0.2) is 15.5 Å². The van der Waals surface area contributed by atoms with Crippen molar-refractivity contribution in [1.82, 2.24) is 9.55 Å². The van der Waals surface area contributed by atoms with E-state index in [4.69, 9.17) is 21.8 Å². The maximum atomic E-state index is 13.2. The first-order valence-electron chi connectivity index (χ1n) is 9.16. The van der Waals surface area contributed by atoms with Gasteiger partial charge in [0.2, 0.25) is 0 Å². The van der Waals surface area contributed by atoms with Gasteiger partial charge >= 0.3 is 5.69 Å². The first-order valence-corrected chi connectivity index (χ1v) is 9.54. The predicted molar refractivity (Wildman–Crippen MR) is 111 cm³/mol. The first kappa shape index (κ1) is 20.5. The molecule has 3 N–H and O–H groups in total. The van der Waals surface area contributed by atoms with Crippen LogP contribution in [0.4, 0.5) is 11.5 Å². The molecular weight excluding hydrogens is 396 g/mol. The van der Waals surface area contributed by atoms with Crippen LogP contribution in [0.25, 0.3) is 0 Å². The Morgan fingerprint density at radius 2 is 1.93 bits per heavy atom. The van der Waals surface area contributed by atoms with E-state index in [-0.39, 0.29) is 29.0 Å². The molecule has 29 heavy (non-hydrogen) atoms. The summed E-state index contributed by atoms with van der Waals surface area (Å²) in [4.78, 5) is 41.5. The predicted octanol–water partition coefficient (Wildman–Crippen LogP) is 3.01. The van der Waals surface area contributed by atoms with Crippen LogP contribution in [0.15, 0.2) is 56.5 Å². The van der Waals surface area contributed by atoms with Crippen LogP contribution in [-0.2, 0) is 13.1 Å². The lowest BCUT2D eigenvalue weighted by atomic mass is 10.2. The highest BCUT2D eigenvalue weighted by atomic mass is 35.5. The second-order valence-electron chi connectivity index (χ2n) is 6.48. The number of aromatic amines is 1. The van der Waals surface area contributed by atoms with Crippen molar-refractivity contribution < 1.29 is 9.21 Å². The summed E-state index contributed by atoms with van der Waals surface area (Å²) in [6.45, 7) is 2.35. The van der Waals surface area contributed by atoms with Gasteiger partial charge in [0, 0.05) is 6.54 Å². The molecule has 1 amide bonds. The molecule has 0 saturated carbocycles. The molecule has 0 aliphatic carbocycles. The molecule has 0 radical (unpaired) electrons. The molecule has 2 aromatic heterocycles. The maximum Gasteiger partial charge on any atom is 0.330 e. The Kier molecular flexibility index (Phi) is 6.23. The Hall–Kier alpha value is -3.26. The van der Waals surface area contributed by atoms with Gasteiger partial charge in [0.15, 0.2) is 16.7 Å². The number of nitrogens with zero attached hydrogens (tertiary/aromatic N) is 2. The van der Waals surface area contributed by atoms with Crippen LogP contribution in [0.1, 0.15) is 35.9 Å². The number of hydrogen-bond acceptors (Lipinski definition) is 5. The Bertz CT molecular complexity index is 1120. The zero-order chi connectivity index (χ0) is 21.0. The number of rotatable bonds is 7. The minimum atomic E-state index is -0.748. The number of nitrogens with two attached hydrogens (primary N) is 1. The highest BCUT2D eigenvalue weighted by Gasteiger charge is 2.27. The van der Waals surface area contributed by atoms with Crippen LogP contribution in [0.2, 0.25) is 5.22 Å². The monoisotopic (exact) mass is 416 g/mol. The molecule has 0 fully saturated rings. The van der Waals surface area contributed by atoms with Gasteiger partial charge in [0.1, 0.15) is 5.82 Å². The Labute approximate surface area is 171 Å². The number of carbonyl (C=O) groups is 1. The standard InChI is InChI=1S/C20H21ClN4O4/c1-2-3-11-24-17(22)16(18(26)23-20(24)28)25(12-13-7-5-4-6-8-13)19(27)14-9-10-15(21)29-14/h4-10H,2-3,11-12,22H2,1H3,(H,23,26,28). The fourth-order valence-electron chi connectivity index (χ4n) is 2.96. The van der Waals surface area contributed by atoms with E-state index in [1.54, 1.807) is 0 Å². The third-order valence-electron chi connectivity index (χ3n) is 4.43. The van der Waals surface area contributed by atoms with Gasteiger partial charge in [-0.1, -0.05) is 43.7 Å². The number of halogens is 1. The van der Waals surface area contributed by atoms with E-state index in [1.165, 1.54) is 21.6 Å². The highest BCUT2D eigenvalue weighted by molar-refractivity contribution is 6.29. The fraction of sp³-hybridized carbons (Fsp3) is 0.250. The first-order chi connectivity index (χ1) is 13.9. The maximum absolute atomic E-state index is 13.2. The van der Waals surface area contributed by atoms with Crippen LogP contribution in [0, 0.1) is 0 Å². The summed E-state index contributed by atoms with van der Waals surface area (Å²) in [5.74, 6) is -0.719. The SMILES string of the molecule is CCCCn1c(N)c(N(Cc2ccccc2)C(=O)c2ccc(Cl)o2)c(=O)[nH]c1=O. The largest absolute Gasteiger partial charge is 0.440 e. The van der Waals surface area contributed by atoms with Crippen LogP contribution in [0.5, 0.6) is 0 Å². The van der Waals surface area contributed by atoms with E-state index in [2.05, 4.69) is 4.98 Å². The minimum Gasteiger partial charge on any atom is -0.440 e. The molecule has 3 rings (SSSR count).